The summed E-state index contributed by atoms with van der Waals surface area (Å²) in [6.45, 7) is 0. The van der Waals surface area contributed by atoms with Crippen molar-refractivity contribution >= 4 is 22.5 Å². The van der Waals surface area contributed by atoms with E-state index in [1.54, 1.807) is 24.3 Å². The molecule has 0 saturated heterocycles. The number of fused-ring (bicyclic) bond motifs is 1. The topological polar surface area (TPSA) is 140 Å². The monoisotopic (exact) mass is 490 g/mol. The molecular formula is C22H13F3N10O. The number of halogens is 3. The van der Waals surface area contributed by atoms with Gasteiger partial charge in [0.05, 0.1) is 47.5 Å². The van der Waals surface area contributed by atoms with E-state index >= 15 is 0 Å². The number of amides is 1. The number of rotatable bonds is 4. The lowest BCUT2D eigenvalue weighted by Gasteiger charge is -2.14. The number of benzene rings is 1. The van der Waals surface area contributed by atoms with Crippen LogP contribution in [-0.4, -0.2) is 45.9 Å². The third kappa shape index (κ3) is 3.98. The molecule has 0 aliphatic heterocycles. The van der Waals surface area contributed by atoms with Crippen LogP contribution in [0.25, 0.3) is 28.1 Å². The number of nitrogens with one attached hydrogen (secondary N) is 1. The van der Waals surface area contributed by atoms with Crippen LogP contribution in [0.3, 0.4) is 0 Å². The summed E-state index contributed by atoms with van der Waals surface area (Å²) < 4.78 is 43.1. The Morgan fingerprint density at radius 3 is 2.69 bits per heavy atom. The molecule has 0 saturated carbocycles. The molecule has 0 fully saturated rings. The van der Waals surface area contributed by atoms with Gasteiger partial charge < -0.3 is 5.32 Å². The highest BCUT2D eigenvalue weighted by Crippen LogP contribution is 2.35. The van der Waals surface area contributed by atoms with Crippen molar-refractivity contribution in [1.82, 2.24) is 40.0 Å². The van der Waals surface area contributed by atoms with Crippen LogP contribution >= 0.6 is 0 Å². The molecule has 4 aromatic heterocycles. The second-order valence-electron chi connectivity index (χ2n) is 7.45. The standard InChI is InChI=1S/C22H13F3N10O/c1-34-32-20(31-33-34)18-12(9-26)8-13(10-28-18)30-21(36)15-11-29-35(19(15)22(23,24)25)17-6-2-5-16-14(17)4-3-7-27-16/h2-8,10-11H,1H3,(H,30,36). The second-order valence-corrected chi connectivity index (χ2v) is 7.45. The summed E-state index contributed by atoms with van der Waals surface area (Å²) >= 11 is 0. The quantitative estimate of drug-likeness (QED) is 0.405. The van der Waals surface area contributed by atoms with Gasteiger partial charge in [0.15, 0.2) is 5.69 Å². The van der Waals surface area contributed by atoms with Gasteiger partial charge in [-0.2, -0.15) is 28.3 Å². The van der Waals surface area contributed by atoms with E-state index in [1.807, 2.05) is 6.07 Å². The summed E-state index contributed by atoms with van der Waals surface area (Å²) in [7, 11) is 1.53. The van der Waals surface area contributed by atoms with Crippen molar-refractivity contribution in [1.29, 1.82) is 5.26 Å². The molecule has 5 aromatic rings. The summed E-state index contributed by atoms with van der Waals surface area (Å²) in [4.78, 5) is 22.3. The van der Waals surface area contributed by atoms with Crippen LogP contribution in [0, 0.1) is 11.3 Å². The summed E-state index contributed by atoms with van der Waals surface area (Å²) in [5.41, 5.74) is -1.28. The minimum absolute atomic E-state index is 0.000532. The number of anilines is 1. The number of aromatic nitrogens is 8. The average molecular weight is 490 g/mol. The fraction of sp³-hybridized carbons (Fsp3) is 0.0909. The molecule has 0 unspecified atom stereocenters. The van der Waals surface area contributed by atoms with Crippen LogP contribution in [0.4, 0.5) is 18.9 Å². The van der Waals surface area contributed by atoms with E-state index in [1.165, 1.54) is 36.4 Å². The zero-order valence-corrected chi connectivity index (χ0v) is 18.3. The SMILES string of the molecule is Cn1nnc(-c2ncc(NC(=O)c3cnn(-c4cccc5ncccc45)c3C(F)(F)F)cc2C#N)n1. The molecule has 36 heavy (non-hydrogen) atoms. The van der Waals surface area contributed by atoms with Gasteiger partial charge in [0, 0.05) is 11.6 Å². The number of nitrogens with zero attached hydrogens (tertiary/aromatic N) is 9. The first-order chi connectivity index (χ1) is 17.3. The molecule has 0 radical (unpaired) electrons. The smallest absolute Gasteiger partial charge is 0.320 e. The highest BCUT2D eigenvalue weighted by molar-refractivity contribution is 6.05. The lowest BCUT2D eigenvalue weighted by molar-refractivity contribution is -0.143. The minimum Gasteiger partial charge on any atom is -0.320 e. The first kappa shape index (κ1) is 22.6. The Morgan fingerprint density at radius 1 is 1.14 bits per heavy atom. The van der Waals surface area contributed by atoms with E-state index in [2.05, 4.69) is 35.8 Å². The highest BCUT2D eigenvalue weighted by Gasteiger charge is 2.41. The second kappa shape index (κ2) is 8.55. The summed E-state index contributed by atoms with van der Waals surface area (Å²) in [6, 6.07) is 11.0. The third-order valence-electron chi connectivity index (χ3n) is 5.12. The molecule has 0 bridgehead atoms. The molecule has 1 N–H and O–H groups in total. The molecule has 4 heterocycles. The number of hydrogen-bond acceptors (Lipinski definition) is 8. The number of nitriles is 1. The van der Waals surface area contributed by atoms with Crippen LogP contribution < -0.4 is 5.32 Å². The Morgan fingerprint density at radius 2 is 1.97 bits per heavy atom. The molecule has 5 rings (SSSR count). The summed E-state index contributed by atoms with van der Waals surface area (Å²) in [6.07, 6.45) is -1.37. The van der Waals surface area contributed by atoms with Gasteiger partial charge in [-0.3, -0.25) is 9.78 Å². The summed E-state index contributed by atoms with van der Waals surface area (Å²) in [5, 5.41) is 27.6. The Bertz CT molecular complexity index is 1660. The van der Waals surface area contributed by atoms with Crippen LogP contribution in [0.5, 0.6) is 0 Å². The highest BCUT2D eigenvalue weighted by atomic mass is 19.4. The predicted octanol–water partition coefficient (Wildman–Crippen LogP) is 3.15. The van der Waals surface area contributed by atoms with Crippen molar-refractivity contribution < 1.29 is 18.0 Å². The van der Waals surface area contributed by atoms with Crippen molar-refractivity contribution in [2.24, 2.45) is 7.05 Å². The molecular weight excluding hydrogens is 477 g/mol. The molecule has 178 valence electrons. The molecule has 0 aliphatic carbocycles. The zero-order valence-electron chi connectivity index (χ0n) is 18.3. The third-order valence-corrected chi connectivity index (χ3v) is 5.12. The van der Waals surface area contributed by atoms with E-state index in [4.69, 9.17) is 0 Å². The van der Waals surface area contributed by atoms with Crippen LogP contribution in [-0.2, 0) is 13.2 Å². The number of carbonyl (C=O) groups is 1. The van der Waals surface area contributed by atoms with Crippen molar-refractivity contribution in [3.63, 3.8) is 0 Å². The van der Waals surface area contributed by atoms with Crippen molar-refractivity contribution in [3.8, 4) is 23.3 Å². The maximum absolute atomic E-state index is 14.2. The van der Waals surface area contributed by atoms with Gasteiger partial charge in [-0.15, -0.1) is 10.2 Å². The van der Waals surface area contributed by atoms with Crippen molar-refractivity contribution in [3.05, 3.63) is 71.8 Å². The fourth-order valence-corrected chi connectivity index (χ4v) is 3.62. The van der Waals surface area contributed by atoms with E-state index in [0.717, 1.165) is 6.20 Å². The number of alkyl halides is 3. The predicted molar refractivity (Wildman–Crippen MR) is 119 cm³/mol. The molecule has 0 atom stereocenters. The van der Waals surface area contributed by atoms with Gasteiger partial charge in [0.1, 0.15) is 11.8 Å². The number of hydrogen-bond donors (Lipinski definition) is 1. The van der Waals surface area contributed by atoms with Crippen LogP contribution in [0.2, 0.25) is 0 Å². The molecule has 1 aromatic carbocycles. The first-order valence-electron chi connectivity index (χ1n) is 10.2. The van der Waals surface area contributed by atoms with E-state index < -0.39 is 23.3 Å². The number of tetrazole rings is 1. The van der Waals surface area contributed by atoms with Gasteiger partial charge in [0.25, 0.3) is 5.91 Å². The average Bonchev–Trinajstić information content (AvgIpc) is 3.50. The maximum atomic E-state index is 14.2. The van der Waals surface area contributed by atoms with E-state index in [0.29, 0.717) is 15.6 Å². The van der Waals surface area contributed by atoms with Crippen LogP contribution in [0.15, 0.2) is 55.0 Å². The lowest BCUT2D eigenvalue weighted by atomic mass is 10.1. The van der Waals surface area contributed by atoms with Crippen molar-refractivity contribution in [2.45, 2.75) is 6.18 Å². The number of aryl methyl sites for hydroxylation is 1. The van der Waals surface area contributed by atoms with Gasteiger partial charge >= 0.3 is 6.18 Å². The van der Waals surface area contributed by atoms with E-state index in [9.17, 15) is 23.2 Å². The molecule has 0 aliphatic rings. The normalized spacial score (nSPS) is 11.4. The van der Waals surface area contributed by atoms with E-state index in [-0.39, 0.29) is 28.5 Å². The molecule has 14 heteroatoms. The Labute approximate surface area is 199 Å². The first-order valence-corrected chi connectivity index (χ1v) is 10.2. The van der Waals surface area contributed by atoms with Crippen molar-refractivity contribution in [2.75, 3.05) is 5.32 Å². The lowest BCUT2D eigenvalue weighted by Crippen LogP contribution is -2.21. The Kier molecular flexibility index (Phi) is 5.36. The van der Waals surface area contributed by atoms with Gasteiger partial charge in [-0.05, 0) is 35.5 Å². The molecule has 11 nitrogen and oxygen atoms in total. The Balaban J connectivity index is 1.53. The molecule has 1 amide bonds. The summed E-state index contributed by atoms with van der Waals surface area (Å²) in [5.74, 6) is -1.000. The van der Waals surface area contributed by atoms with Gasteiger partial charge in [-0.25, -0.2) is 9.67 Å². The zero-order chi connectivity index (χ0) is 25.4. The maximum Gasteiger partial charge on any atom is 0.434 e. The molecule has 0 spiro atoms. The fourth-order valence-electron chi connectivity index (χ4n) is 3.62. The van der Waals surface area contributed by atoms with Crippen LogP contribution in [0.1, 0.15) is 21.6 Å². The minimum atomic E-state index is -4.91. The largest absolute Gasteiger partial charge is 0.434 e. The number of carbonyl (C=O) groups excluding carboxylic acids is 1. The van der Waals surface area contributed by atoms with Gasteiger partial charge in [0.2, 0.25) is 5.82 Å². The van der Waals surface area contributed by atoms with Gasteiger partial charge in [-0.1, -0.05) is 6.07 Å². The number of pyridine rings is 2. The Hall–Kier alpha value is -5.19.